The lowest BCUT2D eigenvalue weighted by molar-refractivity contribution is 0.392. The van der Waals surface area contributed by atoms with Crippen molar-refractivity contribution in [2.24, 2.45) is 0 Å². The van der Waals surface area contributed by atoms with E-state index in [0.717, 1.165) is 0 Å². The molecule has 0 unspecified atom stereocenters. The van der Waals surface area contributed by atoms with E-state index >= 15 is 0 Å². The Kier molecular flexibility index (Phi) is 4.49. The molecule has 2 rings (SSSR count). The molecule has 0 atom stereocenters. The molecule has 1 N–H and O–H groups in total. The molecule has 0 spiro atoms. The summed E-state index contributed by atoms with van der Waals surface area (Å²) in [7, 11) is -1.11. The van der Waals surface area contributed by atoms with Gasteiger partial charge >= 0.3 is 0 Å². The highest BCUT2D eigenvalue weighted by molar-refractivity contribution is 7.92. The summed E-state index contributed by atoms with van der Waals surface area (Å²) >= 11 is 5.67. The molecular formula is C12H12ClN3O4S. The predicted octanol–water partition coefficient (Wildman–Crippen LogP) is 1.95. The van der Waals surface area contributed by atoms with Gasteiger partial charge in [0, 0.05) is 6.07 Å². The van der Waals surface area contributed by atoms with Crippen molar-refractivity contribution in [1.82, 2.24) is 9.97 Å². The Bertz CT molecular complexity index is 752. The first-order valence-electron chi connectivity index (χ1n) is 5.68. The molecule has 2 aromatic rings. The average Bonchev–Trinajstić information content (AvgIpc) is 2.46. The molecule has 1 aromatic heterocycles. The van der Waals surface area contributed by atoms with Crippen molar-refractivity contribution in [3.05, 3.63) is 35.7 Å². The van der Waals surface area contributed by atoms with E-state index in [2.05, 4.69) is 14.7 Å². The monoisotopic (exact) mass is 329 g/mol. The summed E-state index contributed by atoms with van der Waals surface area (Å²) in [6, 6.07) is 4.44. The number of methoxy groups -OCH3 is 2. The van der Waals surface area contributed by atoms with Gasteiger partial charge < -0.3 is 9.47 Å². The van der Waals surface area contributed by atoms with Crippen molar-refractivity contribution in [2.75, 3.05) is 18.9 Å². The molecule has 112 valence electrons. The maximum atomic E-state index is 12.4. The van der Waals surface area contributed by atoms with E-state index in [-0.39, 0.29) is 21.6 Å². The Hall–Kier alpha value is -2.06. The summed E-state index contributed by atoms with van der Waals surface area (Å²) < 4.78 is 37.2. The van der Waals surface area contributed by atoms with E-state index in [4.69, 9.17) is 21.1 Å². The van der Waals surface area contributed by atoms with Crippen LogP contribution in [0.2, 0.25) is 5.15 Å². The molecule has 7 nitrogen and oxygen atoms in total. The van der Waals surface area contributed by atoms with Crippen LogP contribution in [0.15, 0.2) is 35.5 Å². The third kappa shape index (κ3) is 3.53. The van der Waals surface area contributed by atoms with E-state index in [1.807, 2.05) is 0 Å². The van der Waals surface area contributed by atoms with Crippen LogP contribution in [-0.2, 0) is 10.0 Å². The van der Waals surface area contributed by atoms with Crippen LogP contribution >= 0.6 is 11.6 Å². The van der Waals surface area contributed by atoms with Gasteiger partial charge in [-0.05, 0) is 12.1 Å². The summed E-state index contributed by atoms with van der Waals surface area (Å²) in [5.41, 5.74) is 0. The van der Waals surface area contributed by atoms with E-state index < -0.39 is 10.0 Å². The third-order valence-electron chi connectivity index (χ3n) is 2.50. The van der Waals surface area contributed by atoms with Gasteiger partial charge in [0.1, 0.15) is 21.5 Å². The number of hydrogen-bond acceptors (Lipinski definition) is 6. The topological polar surface area (TPSA) is 90.4 Å². The normalized spacial score (nSPS) is 11.0. The first-order valence-corrected chi connectivity index (χ1v) is 7.55. The molecule has 0 aliphatic rings. The standard InChI is InChI=1S/C12H12ClN3O4S/c1-19-8-3-4-9(20-2)10(5-8)21(17,18)16-12-7-14-6-11(13)15-12/h3-7H,1-2H3,(H,15,16). The lowest BCUT2D eigenvalue weighted by atomic mass is 10.3. The summed E-state index contributed by atoms with van der Waals surface area (Å²) in [6.07, 6.45) is 2.54. The minimum absolute atomic E-state index is 0.00683. The first kappa shape index (κ1) is 15.3. The number of nitrogens with zero attached hydrogens (tertiary/aromatic N) is 2. The highest BCUT2D eigenvalue weighted by atomic mass is 35.5. The van der Waals surface area contributed by atoms with Crippen LogP contribution in [0.3, 0.4) is 0 Å². The van der Waals surface area contributed by atoms with Crippen molar-refractivity contribution in [3.63, 3.8) is 0 Å². The second kappa shape index (κ2) is 6.15. The zero-order valence-electron chi connectivity index (χ0n) is 11.2. The Balaban J connectivity index is 2.43. The molecule has 0 amide bonds. The summed E-state index contributed by atoms with van der Waals surface area (Å²) in [6.45, 7) is 0. The molecule has 9 heteroatoms. The van der Waals surface area contributed by atoms with Gasteiger partial charge in [0.2, 0.25) is 0 Å². The predicted molar refractivity (Wildman–Crippen MR) is 77.4 cm³/mol. The van der Waals surface area contributed by atoms with E-state index in [1.54, 1.807) is 6.07 Å². The fraction of sp³-hybridized carbons (Fsp3) is 0.167. The molecule has 0 fully saturated rings. The van der Waals surface area contributed by atoms with Crippen LogP contribution in [0, 0.1) is 0 Å². The maximum absolute atomic E-state index is 12.4. The third-order valence-corrected chi connectivity index (χ3v) is 4.06. The van der Waals surface area contributed by atoms with Gasteiger partial charge in [0.05, 0.1) is 26.6 Å². The fourth-order valence-electron chi connectivity index (χ4n) is 1.58. The maximum Gasteiger partial charge on any atom is 0.266 e. The molecule has 1 heterocycles. The van der Waals surface area contributed by atoms with Gasteiger partial charge in [-0.2, -0.15) is 0 Å². The van der Waals surface area contributed by atoms with Crippen molar-refractivity contribution >= 4 is 27.4 Å². The van der Waals surface area contributed by atoms with E-state index in [1.165, 1.54) is 38.7 Å². The van der Waals surface area contributed by atoms with Gasteiger partial charge in [0.25, 0.3) is 10.0 Å². The van der Waals surface area contributed by atoms with Gasteiger partial charge in [0.15, 0.2) is 5.82 Å². The van der Waals surface area contributed by atoms with Crippen molar-refractivity contribution in [3.8, 4) is 11.5 Å². The first-order chi connectivity index (χ1) is 9.96. The smallest absolute Gasteiger partial charge is 0.266 e. The second-order valence-corrected chi connectivity index (χ2v) is 5.89. The minimum atomic E-state index is -3.92. The zero-order valence-corrected chi connectivity index (χ0v) is 12.8. The second-order valence-electron chi connectivity index (χ2n) is 3.85. The Morgan fingerprint density at radius 3 is 2.57 bits per heavy atom. The van der Waals surface area contributed by atoms with E-state index in [9.17, 15) is 8.42 Å². The Labute approximate surface area is 126 Å². The molecule has 0 radical (unpaired) electrons. The van der Waals surface area contributed by atoms with Gasteiger partial charge in [-0.1, -0.05) is 11.6 Å². The van der Waals surface area contributed by atoms with Crippen LogP contribution in [-0.4, -0.2) is 32.6 Å². The van der Waals surface area contributed by atoms with Crippen LogP contribution in [0.5, 0.6) is 11.5 Å². The van der Waals surface area contributed by atoms with Crippen LogP contribution in [0.1, 0.15) is 0 Å². The SMILES string of the molecule is COc1ccc(OC)c(S(=O)(=O)Nc2cncc(Cl)n2)c1. The number of benzene rings is 1. The number of rotatable bonds is 5. The summed E-state index contributed by atoms with van der Waals surface area (Å²) in [5.74, 6) is 0.569. The van der Waals surface area contributed by atoms with Crippen molar-refractivity contribution in [1.29, 1.82) is 0 Å². The number of anilines is 1. The molecule has 0 aliphatic heterocycles. The zero-order chi connectivity index (χ0) is 15.5. The van der Waals surface area contributed by atoms with Crippen molar-refractivity contribution in [2.45, 2.75) is 4.90 Å². The molecule has 0 aliphatic carbocycles. The number of aromatic nitrogens is 2. The van der Waals surface area contributed by atoms with Crippen LogP contribution < -0.4 is 14.2 Å². The number of sulfonamides is 1. The fourth-order valence-corrected chi connectivity index (χ4v) is 2.90. The van der Waals surface area contributed by atoms with Crippen LogP contribution in [0.4, 0.5) is 5.82 Å². The number of halogens is 1. The van der Waals surface area contributed by atoms with Gasteiger partial charge in [-0.15, -0.1) is 0 Å². The highest BCUT2D eigenvalue weighted by Gasteiger charge is 2.21. The molecular weight excluding hydrogens is 318 g/mol. The van der Waals surface area contributed by atoms with Crippen LogP contribution in [0.25, 0.3) is 0 Å². The molecule has 0 bridgehead atoms. The Morgan fingerprint density at radius 2 is 1.95 bits per heavy atom. The lowest BCUT2D eigenvalue weighted by Crippen LogP contribution is -2.15. The summed E-state index contributed by atoms with van der Waals surface area (Å²) in [4.78, 5) is 7.51. The largest absolute Gasteiger partial charge is 0.497 e. The minimum Gasteiger partial charge on any atom is -0.497 e. The summed E-state index contributed by atoms with van der Waals surface area (Å²) in [5, 5.41) is 0.0767. The number of ether oxygens (including phenoxy) is 2. The Morgan fingerprint density at radius 1 is 1.19 bits per heavy atom. The van der Waals surface area contributed by atoms with E-state index in [0.29, 0.717) is 5.75 Å². The highest BCUT2D eigenvalue weighted by Crippen LogP contribution is 2.29. The lowest BCUT2D eigenvalue weighted by Gasteiger charge is -2.12. The quantitative estimate of drug-likeness (QED) is 0.901. The number of hydrogen-bond donors (Lipinski definition) is 1. The molecule has 21 heavy (non-hydrogen) atoms. The van der Waals surface area contributed by atoms with Gasteiger partial charge in [-0.25, -0.2) is 13.4 Å². The molecule has 1 aromatic carbocycles. The van der Waals surface area contributed by atoms with Crippen molar-refractivity contribution < 1.29 is 17.9 Å². The average molecular weight is 330 g/mol. The van der Waals surface area contributed by atoms with Gasteiger partial charge in [-0.3, -0.25) is 9.71 Å². The number of nitrogens with one attached hydrogen (secondary N) is 1. The molecule has 0 saturated carbocycles. The molecule has 0 saturated heterocycles.